The molecule has 0 spiro atoms. The van der Waals surface area contributed by atoms with Crippen molar-refractivity contribution in [2.75, 3.05) is 0 Å². The fourth-order valence-electron chi connectivity index (χ4n) is 1.90. The second kappa shape index (κ2) is 5.76. The van der Waals surface area contributed by atoms with Gasteiger partial charge in [-0.1, -0.05) is 30.0 Å². The van der Waals surface area contributed by atoms with E-state index in [4.69, 9.17) is 5.73 Å². The van der Waals surface area contributed by atoms with Crippen molar-refractivity contribution in [2.45, 2.75) is 36.6 Å². The molecule has 3 heteroatoms. The Morgan fingerprint density at radius 1 is 1.05 bits per heavy atom. The smallest absolute Gasteiger partial charge is 0.126 e. The Bertz CT molecular complexity index is 593. The first-order valence-corrected chi connectivity index (χ1v) is 7.10. The molecule has 2 N–H and O–H groups in total. The average molecular weight is 275 g/mol. The minimum Gasteiger partial charge on any atom is -0.324 e. The van der Waals surface area contributed by atoms with Gasteiger partial charge in [-0.25, -0.2) is 4.39 Å². The van der Waals surface area contributed by atoms with Gasteiger partial charge in [0.25, 0.3) is 0 Å². The van der Waals surface area contributed by atoms with E-state index in [0.717, 1.165) is 10.5 Å². The highest BCUT2D eigenvalue weighted by molar-refractivity contribution is 7.99. The van der Waals surface area contributed by atoms with Gasteiger partial charge < -0.3 is 5.73 Å². The normalized spacial score (nSPS) is 12.5. The quantitative estimate of drug-likeness (QED) is 0.885. The zero-order valence-corrected chi connectivity index (χ0v) is 12.2. The lowest BCUT2D eigenvalue weighted by Gasteiger charge is -2.15. The molecule has 2 aromatic carbocycles. The summed E-state index contributed by atoms with van der Waals surface area (Å²) in [4.78, 5) is 2.21. The Labute approximate surface area is 118 Å². The minimum atomic E-state index is -0.193. The highest BCUT2D eigenvalue weighted by Crippen LogP contribution is 2.35. The molecule has 2 rings (SSSR count). The molecular weight excluding hydrogens is 257 g/mol. The van der Waals surface area contributed by atoms with Crippen LogP contribution in [0.2, 0.25) is 0 Å². The van der Waals surface area contributed by atoms with Gasteiger partial charge in [0.15, 0.2) is 0 Å². The fourth-order valence-corrected chi connectivity index (χ4v) is 3.11. The molecule has 1 atom stereocenters. The Hall–Kier alpha value is -1.32. The lowest BCUT2D eigenvalue weighted by molar-refractivity contribution is 0.610. The van der Waals surface area contributed by atoms with Crippen molar-refractivity contribution in [3.05, 3.63) is 58.9 Å². The topological polar surface area (TPSA) is 26.0 Å². The van der Waals surface area contributed by atoms with Gasteiger partial charge in [-0.2, -0.15) is 0 Å². The monoisotopic (exact) mass is 275 g/mol. The van der Waals surface area contributed by atoms with Crippen LogP contribution in [0.3, 0.4) is 0 Å². The van der Waals surface area contributed by atoms with Crippen LogP contribution >= 0.6 is 11.8 Å². The molecule has 0 fully saturated rings. The summed E-state index contributed by atoms with van der Waals surface area (Å²) in [5.74, 6) is -0.193. The predicted molar refractivity (Wildman–Crippen MR) is 79.0 cm³/mol. The van der Waals surface area contributed by atoms with Crippen LogP contribution in [0.15, 0.2) is 46.2 Å². The molecule has 0 saturated carbocycles. The number of nitrogens with two attached hydrogens (primary N) is 1. The van der Waals surface area contributed by atoms with E-state index in [2.05, 4.69) is 19.1 Å². The SMILES string of the molecule is Cc1cc(Sc2ccccc2C)c([C@H](C)N)cc1F. The Kier molecular flexibility index (Phi) is 4.27. The Morgan fingerprint density at radius 2 is 1.74 bits per heavy atom. The van der Waals surface area contributed by atoms with Gasteiger partial charge in [0.05, 0.1) is 0 Å². The lowest BCUT2D eigenvalue weighted by Crippen LogP contribution is -2.07. The van der Waals surface area contributed by atoms with E-state index in [1.165, 1.54) is 10.5 Å². The molecule has 0 saturated heterocycles. The average Bonchev–Trinajstić information content (AvgIpc) is 2.36. The second-order valence-corrected chi connectivity index (χ2v) is 5.88. The Balaban J connectivity index is 2.45. The molecule has 0 aliphatic rings. The van der Waals surface area contributed by atoms with Crippen LogP contribution in [0.4, 0.5) is 4.39 Å². The van der Waals surface area contributed by atoms with Crippen molar-refractivity contribution in [3.8, 4) is 0 Å². The molecule has 19 heavy (non-hydrogen) atoms. The van der Waals surface area contributed by atoms with Crippen molar-refractivity contribution >= 4 is 11.8 Å². The molecule has 0 amide bonds. The summed E-state index contributed by atoms with van der Waals surface area (Å²) < 4.78 is 13.7. The molecule has 0 radical (unpaired) electrons. The van der Waals surface area contributed by atoms with Gasteiger partial charge in [0.1, 0.15) is 5.82 Å². The van der Waals surface area contributed by atoms with E-state index in [1.807, 2.05) is 25.1 Å². The molecule has 0 bridgehead atoms. The largest absolute Gasteiger partial charge is 0.324 e. The lowest BCUT2D eigenvalue weighted by atomic mass is 10.1. The highest BCUT2D eigenvalue weighted by atomic mass is 32.2. The molecule has 0 heterocycles. The maximum atomic E-state index is 13.7. The van der Waals surface area contributed by atoms with E-state index < -0.39 is 0 Å². The third-order valence-electron chi connectivity index (χ3n) is 3.10. The van der Waals surface area contributed by atoms with Crippen molar-refractivity contribution in [1.29, 1.82) is 0 Å². The number of rotatable bonds is 3. The van der Waals surface area contributed by atoms with Gasteiger partial charge in [0, 0.05) is 15.8 Å². The molecular formula is C16H18FNS. The molecule has 100 valence electrons. The summed E-state index contributed by atoms with van der Waals surface area (Å²) in [7, 11) is 0. The summed E-state index contributed by atoms with van der Waals surface area (Å²) >= 11 is 1.65. The van der Waals surface area contributed by atoms with Crippen molar-refractivity contribution in [1.82, 2.24) is 0 Å². The van der Waals surface area contributed by atoms with E-state index in [0.29, 0.717) is 5.56 Å². The standard InChI is InChI=1S/C16H18FNS/c1-10-6-4-5-7-15(10)19-16-8-11(2)14(17)9-13(16)12(3)18/h4-9,12H,18H2,1-3H3/t12-/m0/s1. The van der Waals surface area contributed by atoms with Crippen LogP contribution in [-0.4, -0.2) is 0 Å². The number of hydrogen-bond acceptors (Lipinski definition) is 2. The van der Waals surface area contributed by atoms with E-state index in [1.54, 1.807) is 24.8 Å². The van der Waals surface area contributed by atoms with Crippen LogP contribution < -0.4 is 5.73 Å². The van der Waals surface area contributed by atoms with Crippen molar-refractivity contribution in [3.63, 3.8) is 0 Å². The maximum absolute atomic E-state index is 13.7. The first-order valence-electron chi connectivity index (χ1n) is 6.28. The summed E-state index contributed by atoms with van der Waals surface area (Å²) in [6.45, 7) is 5.73. The van der Waals surface area contributed by atoms with E-state index in [-0.39, 0.29) is 11.9 Å². The van der Waals surface area contributed by atoms with Crippen LogP contribution in [0.1, 0.15) is 29.7 Å². The van der Waals surface area contributed by atoms with Gasteiger partial charge in [-0.15, -0.1) is 0 Å². The summed E-state index contributed by atoms with van der Waals surface area (Å²) in [5, 5.41) is 0. The summed E-state index contributed by atoms with van der Waals surface area (Å²) in [5.41, 5.74) is 8.67. The number of benzene rings is 2. The van der Waals surface area contributed by atoms with Gasteiger partial charge >= 0.3 is 0 Å². The second-order valence-electron chi connectivity index (χ2n) is 4.80. The zero-order chi connectivity index (χ0) is 14.0. The maximum Gasteiger partial charge on any atom is 0.126 e. The van der Waals surface area contributed by atoms with E-state index in [9.17, 15) is 4.39 Å². The van der Waals surface area contributed by atoms with E-state index >= 15 is 0 Å². The fraction of sp³-hybridized carbons (Fsp3) is 0.250. The van der Waals surface area contributed by atoms with Gasteiger partial charge in [-0.3, -0.25) is 0 Å². The number of aryl methyl sites for hydroxylation is 2. The van der Waals surface area contributed by atoms with Gasteiger partial charge in [-0.05, 0) is 55.7 Å². The highest BCUT2D eigenvalue weighted by Gasteiger charge is 2.12. The third kappa shape index (κ3) is 3.17. The van der Waals surface area contributed by atoms with Crippen LogP contribution in [-0.2, 0) is 0 Å². The molecule has 0 aliphatic heterocycles. The van der Waals surface area contributed by atoms with Crippen molar-refractivity contribution < 1.29 is 4.39 Å². The molecule has 1 nitrogen and oxygen atoms in total. The number of halogens is 1. The summed E-state index contributed by atoms with van der Waals surface area (Å²) in [6.07, 6.45) is 0. The number of hydrogen-bond donors (Lipinski definition) is 1. The minimum absolute atomic E-state index is 0.179. The predicted octanol–water partition coefficient (Wildman–Crippen LogP) is 4.61. The first-order chi connectivity index (χ1) is 8.99. The first kappa shape index (κ1) is 14.1. The van der Waals surface area contributed by atoms with Gasteiger partial charge in [0.2, 0.25) is 0 Å². The van der Waals surface area contributed by atoms with Crippen LogP contribution in [0.25, 0.3) is 0 Å². The third-order valence-corrected chi connectivity index (χ3v) is 4.35. The summed E-state index contributed by atoms with van der Waals surface area (Å²) in [6, 6.07) is 11.4. The molecule has 0 unspecified atom stereocenters. The van der Waals surface area contributed by atoms with Crippen LogP contribution in [0.5, 0.6) is 0 Å². The van der Waals surface area contributed by atoms with Crippen LogP contribution in [0, 0.1) is 19.7 Å². The zero-order valence-electron chi connectivity index (χ0n) is 11.4. The van der Waals surface area contributed by atoms with Crippen molar-refractivity contribution in [2.24, 2.45) is 5.73 Å². The molecule has 0 aromatic heterocycles. The Morgan fingerprint density at radius 3 is 2.37 bits per heavy atom. The molecule has 2 aromatic rings. The molecule has 0 aliphatic carbocycles.